The van der Waals surface area contributed by atoms with Gasteiger partial charge in [0.1, 0.15) is 0 Å². The Labute approximate surface area is 139 Å². The summed E-state index contributed by atoms with van der Waals surface area (Å²) in [5.41, 5.74) is 0. The molecule has 2 fully saturated rings. The van der Waals surface area contributed by atoms with Gasteiger partial charge in [-0.15, -0.1) is 0 Å². The maximum Gasteiger partial charge on any atom is 0.239 e. The molecule has 23 heavy (non-hydrogen) atoms. The van der Waals surface area contributed by atoms with E-state index < -0.39 is 0 Å². The predicted octanol–water partition coefficient (Wildman–Crippen LogP) is 0.255. The Morgan fingerprint density at radius 1 is 1.30 bits per heavy atom. The molecule has 0 aromatic heterocycles. The van der Waals surface area contributed by atoms with Gasteiger partial charge >= 0.3 is 0 Å². The lowest BCUT2D eigenvalue weighted by Crippen LogP contribution is -2.50. The molecule has 0 unspecified atom stereocenters. The second kappa shape index (κ2) is 7.33. The molecule has 8 heteroatoms. The number of piperazine rings is 1. The Hall–Kier alpha value is -1.57. The number of hydrogen-bond donors (Lipinski definition) is 2. The summed E-state index contributed by atoms with van der Waals surface area (Å²) in [7, 11) is 0. The zero-order valence-corrected chi connectivity index (χ0v) is 13.9. The first-order chi connectivity index (χ1) is 11.1. The Balaban J connectivity index is 1.41. The normalized spacial score (nSPS) is 27.0. The third-order valence-electron chi connectivity index (χ3n) is 4.42. The van der Waals surface area contributed by atoms with Gasteiger partial charge in [0.05, 0.1) is 12.6 Å². The molecule has 1 aliphatic carbocycles. The lowest BCUT2D eigenvalue weighted by molar-refractivity contribution is -0.139. The monoisotopic (exact) mass is 338 g/mol. The molecule has 126 valence electrons. The molecular weight excluding hydrogens is 316 g/mol. The highest BCUT2D eigenvalue weighted by Gasteiger charge is 2.32. The highest BCUT2D eigenvalue weighted by Crippen LogP contribution is 2.36. The van der Waals surface area contributed by atoms with Crippen molar-refractivity contribution in [1.82, 2.24) is 15.5 Å². The van der Waals surface area contributed by atoms with Crippen LogP contribution in [0.25, 0.3) is 0 Å². The van der Waals surface area contributed by atoms with Crippen molar-refractivity contribution in [2.45, 2.75) is 49.8 Å². The standard InChI is InChI=1S/C15H22N4O3S/c20-12(5-6-14(22)19-8-7-16-13(21)9-19)18-15-17-10-3-1-2-4-11(10)23-15/h10-11H,1-9H2,(H,16,21)(H,17,18,20)/t10-,11-/m1/s1. The summed E-state index contributed by atoms with van der Waals surface area (Å²) in [4.78, 5) is 41.4. The van der Waals surface area contributed by atoms with Gasteiger partial charge in [0.25, 0.3) is 0 Å². The SMILES string of the molecule is O=C1CN(C(=O)CCC(=O)NC2=N[C@@H]3CCCC[C@H]3S2)CCN1. The smallest absolute Gasteiger partial charge is 0.239 e. The number of fused-ring (bicyclic) bond motifs is 1. The van der Waals surface area contributed by atoms with E-state index in [2.05, 4.69) is 15.6 Å². The van der Waals surface area contributed by atoms with Gasteiger partial charge in [-0.2, -0.15) is 0 Å². The van der Waals surface area contributed by atoms with Crippen LogP contribution in [0.2, 0.25) is 0 Å². The molecule has 3 amide bonds. The molecule has 3 aliphatic rings. The summed E-state index contributed by atoms with van der Waals surface area (Å²) in [6, 6.07) is 0.345. The van der Waals surface area contributed by atoms with E-state index in [0.29, 0.717) is 29.5 Å². The number of nitrogens with zero attached hydrogens (tertiary/aromatic N) is 2. The van der Waals surface area contributed by atoms with E-state index >= 15 is 0 Å². The number of amidine groups is 1. The van der Waals surface area contributed by atoms with Gasteiger partial charge in [-0.3, -0.25) is 19.4 Å². The van der Waals surface area contributed by atoms with Gasteiger partial charge in [0.15, 0.2) is 5.17 Å². The molecule has 2 heterocycles. The van der Waals surface area contributed by atoms with Crippen LogP contribution in [0.5, 0.6) is 0 Å². The van der Waals surface area contributed by atoms with Crippen LogP contribution in [-0.2, 0) is 14.4 Å². The fourth-order valence-corrected chi connectivity index (χ4v) is 4.45. The van der Waals surface area contributed by atoms with Gasteiger partial charge in [-0.05, 0) is 12.8 Å². The Morgan fingerprint density at radius 3 is 2.91 bits per heavy atom. The Kier molecular flexibility index (Phi) is 5.20. The van der Waals surface area contributed by atoms with Crippen LogP contribution >= 0.6 is 11.8 Å². The van der Waals surface area contributed by atoms with E-state index in [0.717, 1.165) is 12.8 Å². The molecule has 7 nitrogen and oxygen atoms in total. The zero-order valence-electron chi connectivity index (χ0n) is 13.0. The minimum atomic E-state index is -0.176. The van der Waals surface area contributed by atoms with Crippen molar-refractivity contribution in [2.24, 2.45) is 4.99 Å². The van der Waals surface area contributed by atoms with E-state index in [4.69, 9.17) is 0 Å². The molecular formula is C15H22N4O3S. The van der Waals surface area contributed by atoms with Gasteiger partial charge in [0.2, 0.25) is 17.7 Å². The molecule has 0 aromatic rings. The van der Waals surface area contributed by atoms with Crippen molar-refractivity contribution in [3.8, 4) is 0 Å². The summed E-state index contributed by atoms with van der Waals surface area (Å²) >= 11 is 1.66. The van der Waals surface area contributed by atoms with Crippen LogP contribution in [0.1, 0.15) is 38.5 Å². The average molecular weight is 338 g/mol. The van der Waals surface area contributed by atoms with Crippen molar-refractivity contribution < 1.29 is 14.4 Å². The van der Waals surface area contributed by atoms with Crippen LogP contribution in [-0.4, -0.2) is 58.7 Å². The summed E-state index contributed by atoms with van der Waals surface area (Å²) in [6.07, 6.45) is 4.98. The fraction of sp³-hybridized carbons (Fsp3) is 0.733. The number of carbonyl (C=O) groups excluding carboxylic acids is 3. The number of thioether (sulfide) groups is 1. The number of amides is 3. The van der Waals surface area contributed by atoms with E-state index in [1.54, 1.807) is 11.8 Å². The molecule has 3 rings (SSSR count). The molecule has 1 saturated carbocycles. The Morgan fingerprint density at radius 2 is 2.13 bits per heavy atom. The van der Waals surface area contributed by atoms with Gasteiger partial charge in [-0.25, -0.2) is 0 Å². The van der Waals surface area contributed by atoms with E-state index in [-0.39, 0.29) is 37.1 Å². The predicted molar refractivity (Wildman–Crippen MR) is 88.0 cm³/mol. The van der Waals surface area contributed by atoms with Crippen molar-refractivity contribution >= 4 is 34.7 Å². The van der Waals surface area contributed by atoms with Gasteiger partial charge < -0.3 is 15.5 Å². The Bertz CT molecular complexity index is 537. The second-order valence-electron chi connectivity index (χ2n) is 6.16. The third kappa shape index (κ3) is 4.25. The second-order valence-corrected chi connectivity index (χ2v) is 7.38. The van der Waals surface area contributed by atoms with E-state index in [1.807, 2.05) is 0 Å². The van der Waals surface area contributed by atoms with Crippen molar-refractivity contribution in [1.29, 1.82) is 0 Å². The number of rotatable bonds is 3. The number of hydrogen-bond acceptors (Lipinski definition) is 5. The maximum absolute atomic E-state index is 12.0. The maximum atomic E-state index is 12.0. The van der Waals surface area contributed by atoms with Gasteiger partial charge in [-0.1, -0.05) is 24.6 Å². The first-order valence-corrected chi connectivity index (χ1v) is 9.08. The highest BCUT2D eigenvalue weighted by molar-refractivity contribution is 8.14. The highest BCUT2D eigenvalue weighted by atomic mass is 32.2. The number of nitrogens with one attached hydrogen (secondary N) is 2. The van der Waals surface area contributed by atoms with Crippen molar-refractivity contribution in [3.05, 3.63) is 0 Å². The third-order valence-corrected chi connectivity index (χ3v) is 5.70. The minimum absolute atomic E-state index is 0.0897. The summed E-state index contributed by atoms with van der Waals surface area (Å²) in [6.45, 7) is 1.08. The summed E-state index contributed by atoms with van der Waals surface area (Å²) in [5, 5.41) is 6.71. The van der Waals surface area contributed by atoms with E-state index in [9.17, 15) is 14.4 Å². The lowest BCUT2D eigenvalue weighted by Gasteiger charge is -2.26. The molecule has 2 atom stereocenters. The average Bonchev–Trinajstić information content (AvgIpc) is 2.94. The molecule has 1 saturated heterocycles. The van der Waals surface area contributed by atoms with Crippen LogP contribution in [0, 0.1) is 0 Å². The van der Waals surface area contributed by atoms with Crippen molar-refractivity contribution in [3.63, 3.8) is 0 Å². The molecule has 2 aliphatic heterocycles. The summed E-state index contributed by atoms with van der Waals surface area (Å²) < 4.78 is 0. The van der Waals surface area contributed by atoms with Crippen LogP contribution in [0.3, 0.4) is 0 Å². The number of carbonyl (C=O) groups is 3. The van der Waals surface area contributed by atoms with Crippen LogP contribution in [0.4, 0.5) is 0 Å². The molecule has 0 spiro atoms. The summed E-state index contributed by atoms with van der Waals surface area (Å²) in [5.74, 6) is -0.470. The first kappa shape index (κ1) is 16.3. The van der Waals surface area contributed by atoms with Gasteiger partial charge in [0, 0.05) is 31.2 Å². The van der Waals surface area contributed by atoms with Crippen LogP contribution in [0.15, 0.2) is 4.99 Å². The molecule has 0 radical (unpaired) electrons. The molecule has 0 aromatic carbocycles. The van der Waals surface area contributed by atoms with Crippen molar-refractivity contribution in [2.75, 3.05) is 19.6 Å². The zero-order chi connectivity index (χ0) is 16.2. The fourth-order valence-electron chi connectivity index (χ4n) is 3.16. The topological polar surface area (TPSA) is 90.9 Å². The molecule has 2 N–H and O–H groups in total. The quantitative estimate of drug-likeness (QED) is 0.772. The minimum Gasteiger partial charge on any atom is -0.353 e. The lowest BCUT2D eigenvalue weighted by atomic mass is 9.96. The first-order valence-electron chi connectivity index (χ1n) is 8.20. The molecule has 0 bridgehead atoms. The van der Waals surface area contributed by atoms with Crippen LogP contribution < -0.4 is 10.6 Å². The number of aliphatic imine (C=N–C) groups is 1. The largest absolute Gasteiger partial charge is 0.353 e. The van der Waals surface area contributed by atoms with E-state index in [1.165, 1.54) is 17.7 Å².